The molecule has 13 heteroatoms. The summed E-state index contributed by atoms with van der Waals surface area (Å²) in [5, 5.41) is 1.91. The Morgan fingerprint density at radius 1 is 0.756 bits per heavy atom. The van der Waals surface area contributed by atoms with Crippen LogP contribution in [0.25, 0.3) is 20.2 Å². The number of nitrogens with one attached hydrogen (secondary N) is 2. The average molecular weight is 660 g/mol. The number of fused-ring (bicyclic) bond motifs is 2. The first-order chi connectivity index (χ1) is 21.5. The molecule has 4 rings (SSSR count). The van der Waals surface area contributed by atoms with E-state index in [0.717, 1.165) is 32.0 Å². The van der Waals surface area contributed by atoms with E-state index in [-0.39, 0.29) is 11.8 Å². The highest BCUT2D eigenvalue weighted by atomic mass is 32.1. The van der Waals surface area contributed by atoms with Gasteiger partial charge in [0.1, 0.15) is 6.29 Å². The molecule has 4 N–H and O–H groups in total. The van der Waals surface area contributed by atoms with Crippen molar-refractivity contribution in [3.05, 3.63) is 69.4 Å². The molecule has 0 aliphatic carbocycles. The standard InChI is InChI=1S/C16H22N2O4S.C16H19NO4S/c1-10(2)8-20-11(3)22-18-16(19)15-7-13-5-4-12(9-21-17)6-14(13)23-15;1-10(2)9-20-11(3)21-17-16(19)15-7-13-5-4-12(8-18)6-14(13)22-15/h4-7,10-11H,8-9,17H2,1-3H3,(H,18,19);4-8,10-11H,9H2,1-3H3,(H,17,19). The minimum Gasteiger partial charge on any atom is -0.350 e. The van der Waals surface area contributed by atoms with Crippen LogP contribution in [0.2, 0.25) is 0 Å². The minimum absolute atomic E-state index is 0.289. The summed E-state index contributed by atoms with van der Waals surface area (Å²) in [4.78, 5) is 51.1. The van der Waals surface area contributed by atoms with E-state index in [2.05, 4.69) is 15.8 Å². The van der Waals surface area contributed by atoms with Crippen molar-refractivity contribution in [1.82, 2.24) is 11.0 Å². The number of hydrogen-bond acceptors (Lipinski definition) is 11. The first-order valence-electron chi connectivity index (χ1n) is 14.5. The Morgan fingerprint density at radius 2 is 1.24 bits per heavy atom. The predicted octanol–water partition coefficient (Wildman–Crippen LogP) is 6.37. The van der Waals surface area contributed by atoms with Gasteiger partial charge in [0, 0.05) is 15.0 Å². The van der Waals surface area contributed by atoms with Crippen molar-refractivity contribution in [3.8, 4) is 0 Å². The van der Waals surface area contributed by atoms with E-state index in [9.17, 15) is 14.4 Å². The Balaban J connectivity index is 0.000000246. The molecule has 45 heavy (non-hydrogen) atoms. The second-order valence-electron chi connectivity index (χ2n) is 11.0. The van der Waals surface area contributed by atoms with E-state index >= 15 is 0 Å². The van der Waals surface area contributed by atoms with Gasteiger partial charge in [0.2, 0.25) is 0 Å². The number of thiophene rings is 2. The molecule has 2 atom stereocenters. The lowest BCUT2D eigenvalue weighted by molar-refractivity contribution is -0.163. The van der Waals surface area contributed by atoms with Crippen LogP contribution >= 0.6 is 22.7 Å². The zero-order valence-electron chi connectivity index (χ0n) is 26.3. The molecule has 2 heterocycles. The normalized spacial score (nSPS) is 12.6. The van der Waals surface area contributed by atoms with Crippen LogP contribution in [-0.4, -0.2) is 43.9 Å². The van der Waals surface area contributed by atoms with E-state index in [1.54, 1.807) is 32.0 Å². The first-order valence-corrected chi connectivity index (χ1v) is 16.1. The maximum atomic E-state index is 12.1. The molecule has 11 nitrogen and oxygen atoms in total. The number of aldehydes is 1. The third-order valence-corrected chi connectivity index (χ3v) is 8.12. The fraction of sp³-hybridized carbons (Fsp3) is 0.406. The summed E-state index contributed by atoms with van der Waals surface area (Å²) in [5.74, 6) is 5.27. The van der Waals surface area contributed by atoms with E-state index < -0.39 is 12.6 Å². The minimum atomic E-state index is -0.512. The number of hydroxylamine groups is 2. The lowest BCUT2D eigenvalue weighted by Crippen LogP contribution is -2.29. The van der Waals surface area contributed by atoms with E-state index in [0.29, 0.717) is 47.0 Å². The molecule has 4 aromatic rings. The van der Waals surface area contributed by atoms with Gasteiger partial charge in [-0.15, -0.1) is 22.7 Å². The number of benzene rings is 2. The van der Waals surface area contributed by atoms with Gasteiger partial charge in [0.05, 0.1) is 29.6 Å². The number of amides is 2. The Hall–Kier alpha value is -3.27. The van der Waals surface area contributed by atoms with Gasteiger partial charge >= 0.3 is 0 Å². The van der Waals surface area contributed by atoms with Gasteiger partial charge in [-0.3, -0.25) is 19.2 Å². The highest BCUT2D eigenvalue weighted by Crippen LogP contribution is 2.27. The van der Waals surface area contributed by atoms with Crippen LogP contribution in [0.1, 0.15) is 76.8 Å². The van der Waals surface area contributed by atoms with Gasteiger partial charge in [0.25, 0.3) is 11.8 Å². The van der Waals surface area contributed by atoms with Crippen LogP contribution in [0.3, 0.4) is 0 Å². The summed E-state index contributed by atoms with van der Waals surface area (Å²) in [6.45, 7) is 13.1. The summed E-state index contributed by atoms with van der Waals surface area (Å²) < 4.78 is 12.7. The van der Waals surface area contributed by atoms with Crippen LogP contribution in [0, 0.1) is 11.8 Å². The van der Waals surface area contributed by atoms with Crippen molar-refractivity contribution in [2.75, 3.05) is 13.2 Å². The Labute approximate surface area is 270 Å². The van der Waals surface area contributed by atoms with Crippen molar-refractivity contribution in [2.24, 2.45) is 17.7 Å². The Bertz CT molecular complexity index is 1550. The first kappa shape index (κ1) is 36.2. The number of carbonyl (C=O) groups is 3. The molecular weight excluding hydrogens is 618 g/mol. The predicted molar refractivity (Wildman–Crippen MR) is 176 cm³/mol. The quantitative estimate of drug-likeness (QED) is 0.0753. The molecule has 0 radical (unpaired) electrons. The van der Waals surface area contributed by atoms with Crippen LogP contribution in [-0.2, 0) is 30.6 Å². The smallest absolute Gasteiger partial charge is 0.285 e. The monoisotopic (exact) mass is 659 g/mol. The molecule has 0 fully saturated rings. The fourth-order valence-electron chi connectivity index (χ4n) is 3.70. The number of rotatable bonds is 15. The topological polar surface area (TPSA) is 147 Å². The number of nitrogens with two attached hydrogens (primary N) is 1. The van der Waals surface area contributed by atoms with Crippen LogP contribution < -0.4 is 16.9 Å². The van der Waals surface area contributed by atoms with Crippen molar-refractivity contribution in [2.45, 2.75) is 60.7 Å². The lowest BCUT2D eigenvalue weighted by Gasteiger charge is -2.14. The summed E-state index contributed by atoms with van der Waals surface area (Å²) in [6, 6.07) is 14.7. The second-order valence-corrected chi connectivity index (χ2v) is 13.2. The highest BCUT2D eigenvalue weighted by molar-refractivity contribution is 7.21. The van der Waals surface area contributed by atoms with Crippen LogP contribution in [0.15, 0.2) is 48.5 Å². The van der Waals surface area contributed by atoms with Crippen molar-refractivity contribution < 1.29 is 38.4 Å². The van der Waals surface area contributed by atoms with Gasteiger partial charge in [-0.05, 0) is 66.3 Å². The van der Waals surface area contributed by atoms with Gasteiger partial charge in [0.15, 0.2) is 12.6 Å². The summed E-state index contributed by atoms with van der Waals surface area (Å²) in [6.07, 6.45) is -0.220. The largest absolute Gasteiger partial charge is 0.350 e. The number of hydrogen-bond donors (Lipinski definition) is 3. The second kappa shape index (κ2) is 18.0. The highest BCUT2D eigenvalue weighted by Gasteiger charge is 2.14. The molecule has 0 bridgehead atoms. The summed E-state index contributed by atoms with van der Waals surface area (Å²) in [7, 11) is 0. The van der Waals surface area contributed by atoms with Crippen LogP contribution in [0.4, 0.5) is 0 Å². The summed E-state index contributed by atoms with van der Waals surface area (Å²) >= 11 is 2.70. The lowest BCUT2D eigenvalue weighted by atomic mass is 10.2. The van der Waals surface area contributed by atoms with Gasteiger partial charge in [-0.25, -0.2) is 26.5 Å². The fourth-order valence-corrected chi connectivity index (χ4v) is 5.71. The van der Waals surface area contributed by atoms with E-state index in [1.807, 2.05) is 58.0 Å². The zero-order valence-corrected chi connectivity index (χ0v) is 27.9. The molecule has 0 spiro atoms. The van der Waals surface area contributed by atoms with E-state index in [1.165, 1.54) is 22.7 Å². The Kier molecular flexibility index (Phi) is 14.5. The molecule has 2 aromatic carbocycles. The molecule has 0 aliphatic heterocycles. The third kappa shape index (κ3) is 11.9. The molecule has 0 saturated carbocycles. The molecule has 0 aliphatic rings. The maximum absolute atomic E-state index is 12.1. The SMILES string of the molecule is CC(C)COC(C)ONC(=O)c1cc2ccc(C=O)cc2s1.CC(C)COC(C)ONC(=O)c1cc2ccc(CON)cc2s1. The average Bonchev–Trinajstić information content (AvgIpc) is 3.64. The van der Waals surface area contributed by atoms with Gasteiger partial charge in [-0.1, -0.05) is 52.0 Å². The van der Waals surface area contributed by atoms with E-state index in [4.69, 9.17) is 25.0 Å². The number of carbonyl (C=O) groups excluding carboxylic acids is 3. The molecule has 2 unspecified atom stereocenters. The van der Waals surface area contributed by atoms with Gasteiger partial charge < -0.3 is 9.47 Å². The van der Waals surface area contributed by atoms with Crippen LogP contribution in [0.5, 0.6) is 0 Å². The molecule has 244 valence electrons. The molecule has 0 saturated heterocycles. The molecule has 2 amide bonds. The number of ether oxygens (including phenoxy) is 2. The molecular formula is C32H41N3O8S2. The van der Waals surface area contributed by atoms with Crippen molar-refractivity contribution >= 4 is 60.9 Å². The maximum Gasteiger partial charge on any atom is 0.285 e. The Morgan fingerprint density at radius 3 is 1.71 bits per heavy atom. The third-order valence-electron chi connectivity index (χ3n) is 5.93. The molecule has 2 aromatic heterocycles. The van der Waals surface area contributed by atoms with Gasteiger partial charge in [-0.2, -0.15) is 0 Å². The van der Waals surface area contributed by atoms with Crippen molar-refractivity contribution in [3.63, 3.8) is 0 Å². The van der Waals surface area contributed by atoms with Crippen molar-refractivity contribution in [1.29, 1.82) is 0 Å². The summed E-state index contributed by atoms with van der Waals surface area (Å²) in [5.41, 5.74) is 6.36. The zero-order chi connectivity index (χ0) is 32.9.